The number of thiazole rings is 1. The number of aromatic nitrogens is 1. The smallest absolute Gasteiger partial charge is 0.0798 e. The molecule has 4 heteroatoms. The molecular weight excluding hydrogens is 284 g/mol. The highest BCUT2D eigenvalue weighted by atomic mass is 79.9. The Hall–Kier alpha value is -0.710. The molecule has 0 spiro atoms. The number of nitrogens with zero attached hydrogens (tertiary/aromatic N) is 1. The van der Waals surface area contributed by atoms with E-state index in [9.17, 15) is 0 Å². The van der Waals surface area contributed by atoms with E-state index in [0.29, 0.717) is 0 Å². The number of hydrogen-bond acceptors (Lipinski definition) is 3. The van der Waals surface area contributed by atoms with Gasteiger partial charge in [-0.25, -0.2) is 4.98 Å². The molecular formula is C12H13BrN2S. The van der Waals surface area contributed by atoms with Crippen molar-refractivity contribution in [3.05, 3.63) is 50.4 Å². The van der Waals surface area contributed by atoms with Crippen molar-refractivity contribution in [2.75, 3.05) is 0 Å². The second kappa shape index (κ2) is 5.57. The Bertz CT molecular complexity index is 468. The van der Waals surface area contributed by atoms with Crippen LogP contribution >= 0.6 is 27.3 Å². The van der Waals surface area contributed by atoms with Gasteiger partial charge < -0.3 is 5.32 Å². The second-order valence-corrected chi connectivity index (χ2v) is 5.45. The highest BCUT2D eigenvalue weighted by Crippen LogP contribution is 2.13. The van der Waals surface area contributed by atoms with E-state index in [-0.39, 0.29) is 0 Å². The summed E-state index contributed by atoms with van der Waals surface area (Å²) < 4.78 is 1.13. The van der Waals surface area contributed by atoms with Crippen LogP contribution in [0.2, 0.25) is 0 Å². The molecule has 84 valence electrons. The summed E-state index contributed by atoms with van der Waals surface area (Å²) in [6, 6.07) is 8.35. The first kappa shape index (κ1) is 11.8. The molecule has 2 rings (SSSR count). The van der Waals surface area contributed by atoms with Gasteiger partial charge in [-0.05, 0) is 24.6 Å². The van der Waals surface area contributed by atoms with E-state index in [2.05, 4.69) is 44.4 Å². The van der Waals surface area contributed by atoms with Crippen LogP contribution in [0.1, 0.15) is 16.1 Å². The van der Waals surface area contributed by atoms with E-state index in [0.717, 1.165) is 23.3 Å². The number of aryl methyl sites for hydroxylation is 1. The maximum atomic E-state index is 4.23. The molecule has 0 saturated heterocycles. The van der Waals surface area contributed by atoms with E-state index in [1.165, 1.54) is 10.4 Å². The fourth-order valence-corrected chi connectivity index (χ4v) is 2.66. The average Bonchev–Trinajstić information content (AvgIpc) is 2.65. The van der Waals surface area contributed by atoms with Gasteiger partial charge in [-0.1, -0.05) is 28.1 Å². The summed E-state index contributed by atoms with van der Waals surface area (Å²) in [6.07, 6.45) is 0. The number of nitrogens with one attached hydrogen (secondary N) is 1. The van der Waals surface area contributed by atoms with E-state index in [1.54, 1.807) is 11.3 Å². The monoisotopic (exact) mass is 296 g/mol. The molecule has 1 aromatic carbocycles. The Morgan fingerprint density at radius 3 is 2.94 bits per heavy atom. The highest BCUT2D eigenvalue weighted by Gasteiger charge is 2.00. The topological polar surface area (TPSA) is 24.9 Å². The lowest BCUT2D eigenvalue weighted by molar-refractivity contribution is 0.697. The van der Waals surface area contributed by atoms with Crippen molar-refractivity contribution in [3.8, 4) is 0 Å². The highest BCUT2D eigenvalue weighted by molar-refractivity contribution is 9.10. The zero-order valence-corrected chi connectivity index (χ0v) is 11.4. The number of benzene rings is 1. The van der Waals surface area contributed by atoms with Gasteiger partial charge >= 0.3 is 0 Å². The van der Waals surface area contributed by atoms with E-state index < -0.39 is 0 Å². The van der Waals surface area contributed by atoms with Crippen LogP contribution in [0, 0.1) is 6.92 Å². The molecule has 0 aliphatic heterocycles. The molecule has 16 heavy (non-hydrogen) atoms. The number of rotatable bonds is 4. The van der Waals surface area contributed by atoms with Gasteiger partial charge in [-0.2, -0.15) is 0 Å². The molecule has 0 radical (unpaired) electrons. The van der Waals surface area contributed by atoms with Gasteiger partial charge in [0.2, 0.25) is 0 Å². The normalized spacial score (nSPS) is 10.6. The maximum absolute atomic E-state index is 4.23. The first-order valence-corrected chi connectivity index (χ1v) is 6.77. The molecule has 2 nitrogen and oxygen atoms in total. The Morgan fingerprint density at radius 2 is 2.25 bits per heavy atom. The summed E-state index contributed by atoms with van der Waals surface area (Å²) in [4.78, 5) is 5.54. The quantitative estimate of drug-likeness (QED) is 0.934. The van der Waals surface area contributed by atoms with E-state index >= 15 is 0 Å². The van der Waals surface area contributed by atoms with Crippen LogP contribution in [0.25, 0.3) is 0 Å². The summed E-state index contributed by atoms with van der Waals surface area (Å²) >= 11 is 5.17. The van der Waals surface area contributed by atoms with Gasteiger partial charge in [-0.15, -0.1) is 11.3 Å². The van der Waals surface area contributed by atoms with Crippen LogP contribution in [0.3, 0.4) is 0 Å². The van der Waals surface area contributed by atoms with Crippen molar-refractivity contribution in [3.63, 3.8) is 0 Å². The zero-order chi connectivity index (χ0) is 11.4. The van der Waals surface area contributed by atoms with Gasteiger partial charge in [-0.3, -0.25) is 0 Å². The summed E-state index contributed by atoms with van der Waals surface area (Å²) in [5, 5.41) is 3.42. The van der Waals surface area contributed by atoms with Crippen LogP contribution in [0.4, 0.5) is 0 Å². The number of halogens is 1. The fourth-order valence-electron chi connectivity index (χ4n) is 1.46. The van der Waals surface area contributed by atoms with Crippen LogP contribution in [-0.4, -0.2) is 4.98 Å². The molecule has 1 aromatic heterocycles. The van der Waals surface area contributed by atoms with Gasteiger partial charge in [0.25, 0.3) is 0 Å². The van der Waals surface area contributed by atoms with Crippen LogP contribution in [-0.2, 0) is 13.1 Å². The molecule has 0 saturated carbocycles. The molecule has 1 N–H and O–H groups in total. The minimum atomic E-state index is 0.886. The van der Waals surface area contributed by atoms with Gasteiger partial charge in [0.1, 0.15) is 0 Å². The summed E-state index contributed by atoms with van der Waals surface area (Å²) in [5.41, 5.74) is 4.31. The third kappa shape index (κ3) is 3.14. The predicted molar refractivity (Wildman–Crippen MR) is 71.5 cm³/mol. The van der Waals surface area contributed by atoms with Crippen molar-refractivity contribution in [2.45, 2.75) is 20.0 Å². The fraction of sp³-hybridized carbons (Fsp3) is 0.250. The maximum Gasteiger partial charge on any atom is 0.0798 e. The van der Waals surface area contributed by atoms with Gasteiger partial charge in [0, 0.05) is 22.4 Å². The molecule has 0 unspecified atom stereocenters. The lowest BCUT2D eigenvalue weighted by Crippen LogP contribution is -2.12. The first-order valence-electron chi connectivity index (χ1n) is 5.10. The molecule has 0 fully saturated rings. The Labute approximate surface area is 108 Å². The van der Waals surface area contributed by atoms with E-state index in [4.69, 9.17) is 0 Å². The summed E-state index contributed by atoms with van der Waals surface area (Å²) in [7, 11) is 0. The summed E-state index contributed by atoms with van der Waals surface area (Å²) in [6.45, 7) is 3.83. The standard InChI is InChI=1S/C12H13BrN2S/c1-9-12(16-8-15-9)7-14-6-10-3-2-4-11(13)5-10/h2-5,8,14H,6-7H2,1H3. The Morgan fingerprint density at radius 1 is 1.38 bits per heavy atom. The average molecular weight is 297 g/mol. The third-order valence-electron chi connectivity index (χ3n) is 2.35. The first-order chi connectivity index (χ1) is 7.75. The lowest BCUT2D eigenvalue weighted by atomic mass is 10.2. The van der Waals surface area contributed by atoms with E-state index in [1.807, 2.05) is 18.5 Å². The van der Waals surface area contributed by atoms with Crippen molar-refractivity contribution in [2.24, 2.45) is 0 Å². The number of hydrogen-bond donors (Lipinski definition) is 1. The van der Waals surface area contributed by atoms with Crippen molar-refractivity contribution < 1.29 is 0 Å². The van der Waals surface area contributed by atoms with Crippen molar-refractivity contribution in [1.82, 2.24) is 10.3 Å². The molecule has 0 amide bonds. The molecule has 2 aromatic rings. The molecule has 0 aliphatic carbocycles. The van der Waals surface area contributed by atoms with Crippen LogP contribution in [0.5, 0.6) is 0 Å². The molecule has 0 bridgehead atoms. The largest absolute Gasteiger partial charge is 0.308 e. The third-order valence-corrected chi connectivity index (χ3v) is 3.78. The zero-order valence-electron chi connectivity index (χ0n) is 9.03. The lowest BCUT2D eigenvalue weighted by Gasteiger charge is -2.04. The second-order valence-electron chi connectivity index (χ2n) is 3.59. The Kier molecular flexibility index (Phi) is 4.09. The molecule has 1 heterocycles. The van der Waals surface area contributed by atoms with Gasteiger partial charge in [0.15, 0.2) is 0 Å². The van der Waals surface area contributed by atoms with Gasteiger partial charge in [0.05, 0.1) is 11.2 Å². The Balaban J connectivity index is 1.87. The van der Waals surface area contributed by atoms with Crippen molar-refractivity contribution >= 4 is 27.3 Å². The molecule has 0 atom stereocenters. The van der Waals surface area contributed by atoms with Crippen LogP contribution in [0.15, 0.2) is 34.2 Å². The predicted octanol–water partition coefficient (Wildman–Crippen LogP) is 3.50. The SMILES string of the molecule is Cc1ncsc1CNCc1cccc(Br)c1. The summed E-state index contributed by atoms with van der Waals surface area (Å²) in [5.74, 6) is 0. The van der Waals surface area contributed by atoms with Crippen LogP contribution < -0.4 is 5.32 Å². The molecule has 0 aliphatic rings. The minimum absolute atomic E-state index is 0.886. The van der Waals surface area contributed by atoms with Crippen molar-refractivity contribution in [1.29, 1.82) is 0 Å². The minimum Gasteiger partial charge on any atom is -0.308 e.